The molecule has 28 heavy (non-hydrogen) atoms. The maximum Gasteiger partial charge on any atom is 0.257 e. The molecule has 2 aromatic rings. The standard InChI is InChI=1S/C21H22ClN3OS2/c1-21(2,3)13-7-8-15-16(11-23)19(28-17(15)10-13)25-20(27)24-18(26)12-5-4-6-14(22)9-12/h4-6,9,13H,7-8,10H2,1-3H3,(H2,24,25,26,27). The molecule has 0 radical (unpaired) electrons. The van der Waals surface area contributed by atoms with Gasteiger partial charge in [-0.15, -0.1) is 11.3 Å². The Hall–Kier alpha value is -1.94. The zero-order chi connectivity index (χ0) is 20.5. The summed E-state index contributed by atoms with van der Waals surface area (Å²) in [4.78, 5) is 13.6. The molecular formula is C21H22ClN3OS2. The van der Waals surface area contributed by atoms with E-state index in [1.807, 2.05) is 0 Å². The molecule has 1 heterocycles. The average molecular weight is 432 g/mol. The first-order valence-corrected chi connectivity index (χ1v) is 10.7. The molecule has 0 saturated carbocycles. The van der Waals surface area contributed by atoms with Crippen molar-refractivity contribution in [1.82, 2.24) is 5.32 Å². The number of thiophene rings is 1. The summed E-state index contributed by atoms with van der Waals surface area (Å²) in [5.74, 6) is 0.250. The van der Waals surface area contributed by atoms with Crippen LogP contribution in [0.25, 0.3) is 0 Å². The number of amides is 1. The topological polar surface area (TPSA) is 64.9 Å². The van der Waals surface area contributed by atoms with Gasteiger partial charge in [0.15, 0.2) is 5.11 Å². The number of hydrogen-bond donors (Lipinski definition) is 2. The molecule has 0 bridgehead atoms. The van der Waals surface area contributed by atoms with Gasteiger partial charge in [0.2, 0.25) is 0 Å². The highest BCUT2D eigenvalue weighted by molar-refractivity contribution is 7.80. The number of thiocarbonyl (C=S) groups is 1. The van der Waals surface area contributed by atoms with Gasteiger partial charge in [0.25, 0.3) is 5.91 Å². The molecule has 1 amide bonds. The summed E-state index contributed by atoms with van der Waals surface area (Å²) in [5, 5.41) is 16.7. The van der Waals surface area contributed by atoms with Gasteiger partial charge in [0.05, 0.1) is 5.56 Å². The van der Waals surface area contributed by atoms with Crippen molar-refractivity contribution >= 4 is 51.2 Å². The second kappa shape index (κ2) is 8.20. The van der Waals surface area contributed by atoms with Crippen LogP contribution in [0.5, 0.6) is 0 Å². The van der Waals surface area contributed by atoms with Gasteiger partial charge in [-0.2, -0.15) is 5.26 Å². The first-order valence-electron chi connectivity index (χ1n) is 9.11. The van der Waals surface area contributed by atoms with E-state index in [4.69, 9.17) is 23.8 Å². The van der Waals surface area contributed by atoms with Gasteiger partial charge in [0, 0.05) is 15.5 Å². The maximum absolute atomic E-state index is 12.3. The predicted molar refractivity (Wildman–Crippen MR) is 119 cm³/mol. The quantitative estimate of drug-likeness (QED) is 0.611. The Morgan fingerprint density at radius 1 is 1.39 bits per heavy atom. The Kier molecular flexibility index (Phi) is 6.09. The minimum atomic E-state index is -0.340. The summed E-state index contributed by atoms with van der Waals surface area (Å²) in [6.45, 7) is 6.80. The fourth-order valence-corrected chi connectivity index (χ4v) is 5.20. The number of nitrogens with zero attached hydrogens (tertiary/aromatic N) is 1. The van der Waals surface area contributed by atoms with E-state index in [1.165, 1.54) is 4.88 Å². The molecule has 7 heteroatoms. The van der Waals surface area contributed by atoms with Crippen molar-refractivity contribution in [2.75, 3.05) is 5.32 Å². The minimum Gasteiger partial charge on any atom is -0.323 e. The summed E-state index contributed by atoms with van der Waals surface area (Å²) >= 11 is 12.8. The maximum atomic E-state index is 12.3. The van der Waals surface area contributed by atoms with Gasteiger partial charge < -0.3 is 5.32 Å². The number of anilines is 1. The molecule has 1 aromatic carbocycles. The van der Waals surface area contributed by atoms with Gasteiger partial charge in [-0.25, -0.2) is 0 Å². The number of benzene rings is 1. The molecule has 1 atom stereocenters. The normalized spacial score (nSPS) is 16.0. The Morgan fingerprint density at radius 3 is 2.79 bits per heavy atom. The highest BCUT2D eigenvalue weighted by Crippen LogP contribution is 2.43. The second-order valence-corrected chi connectivity index (χ2v) is 9.99. The molecule has 146 valence electrons. The monoisotopic (exact) mass is 431 g/mol. The molecule has 0 fully saturated rings. The second-order valence-electron chi connectivity index (χ2n) is 8.04. The summed E-state index contributed by atoms with van der Waals surface area (Å²) in [6, 6.07) is 8.97. The van der Waals surface area contributed by atoms with Gasteiger partial charge in [0.1, 0.15) is 11.1 Å². The molecule has 1 unspecified atom stereocenters. The van der Waals surface area contributed by atoms with Crippen LogP contribution < -0.4 is 10.6 Å². The largest absolute Gasteiger partial charge is 0.323 e. The van der Waals surface area contributed by atoms with Crippen molar-refractivity contribution in [3.05, 3.63) is 50.9 Å². The number of hydrogen-bond acceptors (Lipinski definition) is 4. The van der Waals surface area contributed by atoms with Crippen molar-refractivity contribution in [3.8, 4) is 6.07 Å². The van der Waals surface area contributed by atoms with Crippen molar-refractivity contribution in [2.45, 2.75) is 40.0 Å². The summed E-state index contributed by atoms with van der Waals surface area (Å²) in [6.07, 6.45) is 2.96. The van der Waals surface area contributed by atoms with Gasteiger partial charge >= 0.3 is 0 Å². The van der Waals surface area contributed by atoms with Crippen LogP contribution in [0.15, 0.2) is 24.3 Å². The van der Waals surface area contributed by atoms with E-state index in [0.717, 1.165) is 24.8 Å². The Morgan fingerprint density at radius 2 is 2.14 bits per heavy atom. The van der Waals surface area contributed by atoms with Crippen LogP contribution in [0, 0.1) is 22.7 Å². The number of halogens is 1. The number of nitrogens with one attached hydrogen (secondary N) is 2. The number of fused-ring (bicyclic) bond motifs is 1. The van der Waals surface area contributed by atoms with E-state index in [1.54, 1.807) is 35.6 Å². The molecule has 1 aliphatic rings. The lowest BCUT2D eigenvalue weighted by molar-refractivity contribution is 0.0977. The molecule has 4 nitrogen and oxygen atoms in total. The van der Waals surface area contributed by atoms with Crippen molar-refractivity contribution < 1.29 is 4.79 Å². The zero-order valence-corrected chi connectivity index (χ0v) is 18.4. The fourth-order valence-electron chi connectivity index (χ4n) is 3.47. The molecule has 2 N–H and O–H groups in total. The molecular weight excluding hydrogens is 410 g/mol. The number of rotatable bonds is 2. The highest BCUT2D eigenvalue weighted by atomic mass is 35.5. The van der Waals surface area contributed by atoms with Crippen molar-refractivity contribution in [1.29, 1.82) is 5.26 Å². The predicted octanol–water partition coefficient (Wildman–Crippen LogP) is 5.55. The minimum absolute atomic E-state index is 0.174. The third-order valence-corrected chi connectivity index (χ3v) is 6.75. The van der Waals surface area contributed by atoms with E-state index < -0.39 is 0 Å². The van der Waals surface area contributed by atoms with E-state index in [-0.39, 0.29) is 16.4 Å². The summed E-state index contributed by atoms with van der Waals surface area (Å²) in [7, 11) is 0. The molecule has 0 saturated heterocycles. The molecule has 3 rings (SSSR count). The molecule has 0 spiro atoms. The van der Waals surface area contributed by atoms with Crippen LogP contribution in [0.3, 0.4) is 0 Å². The van der Waals surface area contributed by atoms with Crippen LogP contribution in [-0.2, 0) is 12.8 Å². The molecule has 1 aliphatic carbocycles. The van der Waals surface area contributed by atoms with Crippen molar-refractivity contribution in [3.63, 3.8) is 0 Å². The SMILES string of the molecule is CC(C)(C)C1CCc2c(sc(NC(=S)NC(=O)c3cccc(Cl)c3)c2C#N)C1. The summed E-state index contributed by atoms with van der Waals surface area (Å²) < 4.78 is 0. The molecule has 1 aromatic heterocycles. The highest BCUT2D eigenvalue weighted by Gasteiger charge is 2.32. The third-order valence-electron chi connectivity index (χ3n) is 5.14. The van der Waals surface area contributed by atoms with E-state index in [0.29, 0.717) is 27.1 Å². The smallest absolute Gasteiger partial charge is 0.257 e. The fraction of sp³-hybridized carbons (Fsp3) is 0.381. The first-order chi connectivity index (χ1) is 13.2. The number of nitriles is 1. The summed E-state index contributed by atoms with van der Waals surface area (Å²) in [5.41, 5.74) is 2.43. The van der Waals surface area contributed by atoms with Crippen LogP contribution in [0.4, 0.5) is 5.00 Å². The Labute approximate surface area is 179 Å². The lowest BCUT2D eigenvalue weighted by Gasteiger charge is -2.33. The van der Waals surface area contributed by atoms with Crippen LogP contribution in [0.1, 0.15) is 53.6 Å². The third kappa shape index (κ3) is 4.54. The van der Waals surface area contributed by atoms with Crippen LogP contribution >= 0.6 is 35.2 Å². The van der Waals surface area contributed by atoms with E-state index in [2.05, 4.69) is 37.5 Å². The van der Waals surface area contributed by atoms with Crippen LogP contribution in [0.2, 0.25) is 5.02 Å². The first kappa shape index (κ1) is 20.8. The average Bonchev–Trinajstić information content (AvgIpc) is 2.96. The van der Waals surface area contributed by atoms with E-state index >= 15 is 0 Å². The lowest BCUT2D eigenvalue weighted by Crippen LogP contribution is -2.34. The Bertz CT molecular complexity index is 969. The number of carbonyl (C=O) groups is 1. The lowest BCUT2D eigenvalue weighted by atomic mass is 9.72. The van der Waals surface area contributed by atoms with Gasteiger partial charge in [-0.05, 0) is 66.6 Å². The van der Waals surface area contributed by atoms with Gasteiger partial charge in [-0.1, -0.05) is 38.4 Å². The number of carbonyl (C=O) groups excluding carboxylic acids is 1. The zero-order valence-electron chi connectivity index (χ0n) is 16.1. The van der Waals surface area contributed by atoms with E-state index in [9.17, 15) is 10.1 Å². The Balaban J connectivity index is 1.74. The molecule has 0 aliphatic heterocycles. The van der Waals surface area contributed by atoms with Crippen LogP contribution in [-0.4, -0.2) is 11.0 Å². The van der Waals surface area contributed by atoms with Gasteiger partial charge in [-0.3, -0.25) is 10.1 Å². The van der Waals surface area contributed by atoms with Crippen molar-refractivity contribution in [2.24, 2.45) is 11.3 Å².